The van der Waals surface area contributed by atoms with Gasteiger partial charge >= 0.3 is 0 Å². The fourth-order valence-electron chi connectivity index (χ4n) is 2.92. The summed E-state index contributed by atoms with van der Waals surface area (Å²) < 4.78 is 23.4. The molecule has 1 amide bonds. The lowest BCUT2D eigenvalue weighted by Gasteiger charge is -2.28. The summed E-state index contributed by atoms with van der Waals surface area (Å²) in [5.74, 6) is 0.103. The zero-order chi connectivity index (χ0) is 15.8. The molecule has 1 aromatic carbocycles. The second kappa shape index (κ2) is 5.97. The maximum Gasteiger partial charge on any atom is 0.262 e. The quantitative estimate of drug-likeness (QED) is 0.800. The summed E-state index contributed by atoms with van der Waals surface area (Å²) in [4.78, 5) is 14.5. The highest BCUT2D eigenvalue weighted by Crippen LogP contribution is 2.29. The Morgan fingerprint density at radius 1 is 1.38 bits per heavy atom. The van der Waals surface area contributed by atoms with Crippen molar-refractivity contribution in [3.05, 3.63) is 29.3 Å². The summed E-state index contributed by atoms with van der Waals surface area (Å²) in [5, 5.41) is 0. The molecule has 0 saturated carbocycles. The van der Waals surface area contributed by atoms with E-state index < -0.39 is 9.05 Å². The van der Waals surface area contributed by atoms with Crippen LogP contribution in [0.15, 0.2) is 23.1 Å². The number of carbonyl (C=O) groups is 1. The molecule has 1 aliphatic heterocycles. The Bertz CT molecular complexity index is 655. The first kappa shape index (κ1) is 16.3. The molecule has 1 aliphatic rings. The highest BCUT2D eigenvalue weighted by Gasteiger charge is 2.33. The number of hydrogen-bond donors (Lipinski definition) is 0. The van der Waals surface area contributed by atoms with Gasteiger partial charge < -0.3 is 4.90 Å². The minimum absolute atomic E-state index is 0.103. The summed E-state index contributed by atoms with van der Waals surface area (Å²) in [5.41, 5.74) is 1.01. The number of nitrogens with zero attached hydrogens (tertiary/aromatic N) is 1. The number of rotatable bonds is 3. The molecule has 0 bridgehead atoms. The monoisotopic (exact) mass is 329 g/mol. The van der Waals surface area contributed by atoms with Gasteiger partial charge in [-0.1, -0.05) is 25.5 Å². The normalized spacial score (nSPS) is 19.3. The van der Waals surface area contributed by atoms with Crippen molar-refractivity contribution in [1.82, 2.24) is 4.90 Å². The molecule has 1 unspecified atom stereocenters. The van der Waals surface area contributed by atoms with E-state index in [1.807, 2.05) is 6.92 Å². The lowest BCUT2D eigenvalue weighted by atomic mass is 10.0. The number of aryl methyl sites for hydroxylation is 1. The lowest BCUT2D eigenvalue weighted by molar-refractivity contribution is 0.0697. The maximum absolute atomic E-state index is 12.8. The molecule has 1 heterocycles. The SMILES string of the molecule is Cc1ccc(S(=O)(=O)Cl)c(C(=O)N2CCCC2C(C)C)c1. The first-order chi connectivity index (χ1) is 9.71. The van der Waals surface area contributed by atoms with Gasteiger partial charge in [-0.15, -0.1) is 0 Å². The smallest absolute Gasteiger partial charge is 0.262 e. The molecule has 21 heavy (non-hydrogen) atoms. The highest BCUT2D eigenvalue weighted by atomic mass is 35.7. The third kappa shape index (κ3) is 3.40. The number of carbonyl (C=O) groups excluding carboxylic acids is 1. The second-order valence-electron chi connectivity index (χ2n) is 5.89. The van der Waals surface area contributed by atoms with E-state index in [9.17, 15) is 13.2 Å². The van der Waals surface area contributed by atoms with Crippen molar-refractivity contribution >= 4 is 25.6 Å². The number of benzene rings is 1. The Kier molecular flexibility index (Phi) is 4.63. The van der Waals surface area contributed by atoms with Gasteiger partial charge in [-0.2, -0.15) is 0 Å². The second-order valence-corrected chi connectivity index (χ2v) is 8.42. The Labute approximate surface area is 130 Å². The van der Waals surface area contributed by atoms with Gasteiger partial charge in [0.1, 0.15) is 0 Å². The van der Waals surface area contributed by atoms with Crippen molar-refractivity contribution in [1.29, 1.82) is 0 Å². The van der Waals surface area contributed by atoms with Crippen LogP contribution in [0.3, 0.4) is 0 Å². The predicted octanol–water partition coefficient (Wildman–Crippen LogP) is 3.18. The van der Waals surface area contributed by atoms with Crippen LogP contribution in [-0.2, 0) is 9.05 Å². The number of halogens is 1. The number of likely N-dealkylation sites (tertiary alicyclic amines) is 1. The van der Waals surface area contributed by atoms with Crippen molar-refractivity contribution in [2.24, 2.45) is 5.92 Å². The van der Waals surface area contributed by atoms with Crippen LogP contribution in [0.25, 0.3) is 0 Å². The zero-order valence-corrected chi connectivity index (χ0v) is 14.0. The van der Waals surface area contributed by atoms with Crippen LogP contribution < -0.4 is 0 Å². The highest BCUT2D eigenvalue weighted by molar-refractivity contribution is 8.13. The van der Waals surface area contributed by atoms with Crippen LogP contribution in [0.5, 0.6) is 0 Å². The van der Waals surface area contributed by atoms with Crippen LogP contribution in [0.2, 0.25) is 0 Å². The fraction of sp³-hybridized carbons (Fsp3) is 0.533. The molecule has 4 nitrogen and oxygen atoms in total. The van der Waals surface area contributed by atoms with E-state index in [0.717, 1.165) is 18.4 Å². The Balaban J connectivity index is 2.46. The standard InChI is InChI=1S/C15H20ClNO3S/c1-10(2)13-5-4-8-17(13)15(18)12-9-11(3)6-7-14(12)21(16,19)20/h6-7,9-10,13H,4-5,8H2,1-3H3. The topological polar surface area (TPSA) is 54.5 Å². The van der Waals surface area contributed by atoms with Gasteiger partial charge in [0.05, 0.1) is 10.5 Å². The molecular weight excluding hydrogens is 310 g/mol. The molecule has 0 aliphatic carbocycles. The molecule has 1 atom stereocenters. The van der Waals surface area contributed by atoms with E-state index in [0.29, 0.717) is 12.5 Å². The minimum atomic E-state index is -3.94. The van der Waals surface area contributed by atoms with Gasteiger partial charge in [0, 0.05) is 23.3 Å². The average Bonchev–Trinajstić information content (AvgIpc) is 2.85. The Morgan fingerprint density at radius 2 is 2.05 bits per heavy atom. The van der Waals surface area contributed by atoms with E-state index in [2.05, 4.69) is 13.8 Å². The molecule has 0 N–H and O–H groups in total. The van der Waals surface area contributed by atoms with Gasteiger partial charge in [0.15, 0.2) is 0 Å². The van der Waals surface area contributed by atoms with Crippen LogP contribution >= 0.6 is 10.7 Å². The third-order valence-electron chi connectivity index (χ3n) is 3.96. The van der Waals surface area contributed by atoms with Crippen molar-refractivity contribution in [3.8, 4) is 0 Å². The minimum Gasteiger partial charge on any atom is -0.335 e. The first-order valence-electron chi connectivity index (χ1n) is 7.08. The van der Waals surface area contributed by atoms with Crippen LogP contribution in [0.4, 0.5) is 0 Å². The van der Waals surface area contributed by atoms with Gasteiger partial charge in [-0.3, -0.25) is 4.79 Å². The van der Waals surface area contributed by atoms with E-state index in [-0.39, 0.29) is 22.4 Å². The van der Waals surface area contributed by atoms with E-state index in [1.165, 1.54) is 6.07 Å². The van der Waals surface area contributed by atoms with Crippen LogP contribution in [0.1, 0.15) is 42.6 Å². The molecule has 0 aromatic heterocycles. The third-order valence-corrected chi connectivity index (χ3v) is 5.34. The Hall–Kier alpha value is -1.07. The van der Waals surface area contributed by atoms with Crippen molar-refractivity contribution in [2.75, 3.05) is 6.54 Å². The summed E-state index contributed by atoms with van der Waals surface area (Å²) in [6.45, 7) is 6.64. The van der Waals surface area contributed by atoms with E-state index >= 15 is 0 Å². The molecule has 1 saturated heterocycles. The van der Waals surface area contributed by atoms with Gasteiger partial charge in [-0.05, 0) is 37.8 Å². The maximum atomic E-state index is 12.8. The summed E-state index contributed by atoms with van der Waals surface area (Å²) >= 11 is 0. The van der Waals surface area contributed by atoms with Crippen LogP contribution in [-0.4, -0.2) is 31.8 Å². The van der Waals surface area contributed by atoms with Gasteiger partial charge in [0.25, 0.3) is 15.0 Å². The Morgan fingerprint density at radius 3 is 2.62 bits per heavy atom. The van der Waals surface area contributed by atoms with Crippen molar-refractivity contribution in [2.45, 2.75) is 44.6 Å². The van der Waals surface area contributed by atoms with Gasteiger partial charge in [0.2, 0.25) is 0 Å². The molecular formula is C15H20ClNO3S. The lowest BCUT2D eigenvalue weighted by Crippen LogP contribution is -2.39. The van der Waals surface area contributed by atoms with Crippen molar-refractivity contribution in [3.63, 3.8) is 0 Å². The number of amides is 1. The molecule has 1 aromatic rings. The van der Waals surface area contributed by atoms with Gasteiger partial charge in [-0.25, -0.2) is 8.42 Å². The fourth-order valence-corrected chi connectivity index (χ4v) is 3.96. The summed E-state index contributed by atoms with van der Waals surface area (Å²) in [6.07, 6.45) is 1.90. The summed E-state index contributed by atoms with van der Waals surface area (Å²) in [7, 11) is 1.53. The van der Waals surface area contributed by atoms with Crippen molar-refractivity contribution < 1.29 is 13.2 Å². The largest absolute Gasteiger partial charge is 0.335 e. The molecule has 1 fully saturated rings. The van der Waals surface area contributed by atoms with Crippen LogP contribution in [0, 0.1) is 12.8 Å². The predicted molar refractivity (Wildman–Crippen MR) is 83.1 cm³/mol. The average molecular weight is 330 g/mol. The van der Waals surface area contributed by atoms with E-state index in [4.69, 9.17) is 10.7 Å². The number of hydrogen-bond acceptors (Lipinski definition) is 3. The molecule has 116 valence electrons. The first-order valence-corrected chi connectivity index (χ1v) is 9.39. The molecule has 0 spiro atoms. The zero-order valence-electron chi connectivity index (χ0n) is 12.5. The van der Waals surface area contributed by atoms with E-state index in [1.54, 1.807) is 17.0 Å². The molecule has 6 heteroatoms. The summed E-state index contributed by atoms with van der Waals surface area (Å²) in [6, 6.07) is 4.82. The molecule has 2 rings (SSSR count). The molecule has 0 radical (unpaired) electrons.